The standard InChI is InChI=1S/C20H28N4O2.2ClH/c1-26-17-4-5-18(24-11-3-8-22-24)16(12-17)13-23-10-2-7-20(15-23)14-21-9-6-19(20)25;;/h3-5,8,11-12,19,21,25H,2,6-7,9-10,13-15H2,1H3;2*1H/t19-,20-;;/m0../s1. The monoisotopic (exact) mass is 428 g/mol. The molecule has 1 aromatic heterocycles. The first-order valence-electron chi connectivity index (χ1n) is 9.48. The van der Waals surface area contributed by atoms with E-state index >= 15 is 0 Å². The van der Waals surface area contributed by atoms with Crippen LogP contribution in [0.15, 0.2) is 36.7 Å². The molecule has 28 heavy (non-hydrogen) atoms. The maximum absolute atomic E-state index is 10.7. The molecule has 2 N–H and O–H groups in total. The summed E-state index contributed by atoms with van der Waals surface area (Å²) in [7, 11) is 1.70. The predicted octanol–water partition coefficient (Wildman–Crippen LogP) is 2.66. The number of ether oxygens (including phenoxy) is 1. The second-order valence-corrected chi connectivity index (χ2v) is 7.60. The van der Waals surface area contributed by atoms with Crippen molar-refractivity contribution in [3.8, 4) is 11.4 Å². The van der Waals surface area contributed by atoms with E-state index in [9.17, 15) is 5.11 Å². The molecule has 3 heterocycles. The van der Waals surface area contributed by atoms with E-state index in [0.29, 0.717) is 0 Å². The number of likely N-dealkylation sites (tertiary alicyclic amines) is 1. The Bertz CT molecular complexity index is 740. The van der Waals surface area contributed by atoms with Crippen LogP contribution in [0, 0.1) is 5.41 Å². The van der Waals surface area contributed by atoms with Gasteiger partial charge in [-0.05, 0) is 62.2 Å². The minimum atomic E-state index is -0.206. The first kappa shape index (κ1) is 23.0. The van der Waals surface area contributed by atoms with Gasteiger partial charge in [-0.3, -0.25) is 4.90 Å². The number of hydrogen-bond acceptors (Lipinski definition) is 5. The SMILES string of the molecule is COc1ccc(-n2cccn2)c(CN2CCC[C@]3(CNCC[C@@H]3O)C2)c1.Cl.Cl. The van der Waals surface area contributed by atoms with E-state index in [-0.39, 0.29) is 36.3 Å². The van der Waals surface area contributed by atoms with Crippen molar-refractivity contribution in [1.29, 1.82) is 0 Å². The summed E-state index contributed by atoms with van der Waals surface area (Å²) in [5.74, 6) is 0.863. The van der Waals surface area contributed by atoms with E-state index in [0.717, 1.165) is 63.4 Å². The lowest BCUT2D eigenvalue weighted by molar-refractivity contribution is -0.0514. The van der Waals surface area contributed by atoms with Crippen molar-refractivity contribution in [2.75, 3.05) is 33.3 Å². The van der Waals surface area contributed by atoms with Gasteiger partial charge in [0.15, 0.2) is 0 Å². The normalized spacial score (nSPS) is 25.0. The Labute approximate surface area is 179 Å². The Morgan fingerprint density at radius 3 is 2.93 bits per heavy atom. The predicted molar refractivity (Wildman–Crippen MR) is 115 cm³/mol. The van der Waals surface area contributed by atoms with E-state index in [1.165, 1.54) is 5.56 Å². The highest BCUT2D eigenvalue weighted by Crippen LogP contribution is 2.37. The third kappa shape index (κ3) is 4.63. The molecular formula is C20H30Cl2N4O2. The first-order chi connectivity index (χ1) is 12.7. The van der Waals surface area contributed by atoms with Crippen LogP contribution in [-0.2, 0) is 6.54 Å². The van der Waals surface area contributed by atoms with Gasteiger partial charge < -0.3 is 15.2 Å². The third-order valence-corrected chi connectivity index (χ3v) is 5.90. The van der Waals surface area contributed by atoms with Gasteiger partial charge in [-0.15, -0.1) is 24.8 Å². The minimum absolute atomic E-state index is 0. The van der Waals surface area contributed by atoms with Crippen molar-refractivity contribution >= 4 is 24.8 Å². The van der Waals surface area contributed by atoms with Crippen molar-refractivity contribution in [1.82, 2.24) is 20.0 Å². The van der Waals surface area contributed by atoms with E-state index in [1.54, 1.807) is 13.3 Å². The fourth-order valence-electron chi connectivity index (χ4n) is 4.50. The highest BCUT2D eigenvalue weighted by Gasteiger charge is 2.43. The zero-order valence-electron chi connectivity index (χ0n) is 16.2. The van der Waals surface area contributed by atoms with E-state index < -0.39 is 0 Å². The van der Waals surface area contributed by atoms with Gasteiger partial charge in [0.1, 0.15) is 5.75 Å². The summed E-state index contributed by atoms with van der Waals surface area (Å²) in [4.78, 5) is 2.47. The Balaban J connectivity index is 0.00000140. The van der Waals surface area contributed by atoms with Crippen molar-refractivity contribution in [3.63, 3.8) is 0 Å². The minimum Gasteiger partial charge on any atom is -0.497 e. The van der Waals surface area contributed by atoms with Gasteiger partial charge in [0, 0.05) is 37.4 Å². The van der Waals surface area contributed by atoms with Crippen LogP contribution in [0.2, 0.25) is 0 Å². The number of rotatable bonds is 4. The number of methoxy groups -OCH3 is 1. The quantitative estimate of drug-likeness (QED) is 0.783. The summed E-state index contributed by atoms with van der Waals surface area (Å²) in [6.07, 6.45) is 6.64. The van der Waals surface area contributed by atoms with Crippen molar-refractivity contribution in [2.24, 2.45) is 5.41 Å². The van der Waals surface area contributed by atoms with Gasteiger partial charge in [0.05, 0.1) is 18.9 Å². The van der Waals surface area contributed by atoms with Crippen LogP contribution in [-0.4, -0.2) is 59.2 Å². The molecule has 2 saturated heterocycles. The maximum Gasteiger partial charge on any atom is 0.119 e. The van der Waals surface area contributed by atoms with E-state index in [2.05, 4.69) is 27.4 Å². The lowest BCUT2D eigenvalue weighted by Crippen LogP contribution is -2.57. The molecule has 0 aliphatic carbocycles. The largest absolute Gasteiger partial charge is 0.497 e. The van der Waals surface area contributed by atoms with Crippen LogP contribution >= 0.6 is 24.8 Å². The summed E-state index contributed by atoms with van der Waals surface area (Å²) < 4.78 is 7.35. The maximum atomic E-state index is 10.7. The van der Waals surface area contributed by atoms with Crippen molar-refractivity contribution in [3.05, 3.63) is 42.2 Å². The molecule has 2 aromatic rings. The highest BCUT2D eigenvalue weighted by atomic mass is 35.5. The van der Waals surface area contributed by atoms with E-state index in [4.69, 9.17) is 4.74 Å². The summed E-state index contributed by atoms with van der Waals surface area (Å²) in [5, 5.41) is 18.5. The molecule has 156 valence electrons. The third-order valence-electron chi connectivity index (χ3n) is 5.90. The Kier molecular flexibility index (Phi) is 8.16. The van der Waals surface area contributed by atoms with Crippen LogP contribution in [0.5, 0.6) is 5.75 Å². The number of benzene rings is 1. The molecule has 0 amide bonds. The van der Waals surface area contributed by atoms with E-state index in [1.807, 2.05) is 23.0 Å². The number of piperidine rings is 2. The van der Waals surface area contributed by atoms with Crippen molar-refractivity contribution in [2.45, 2.75) is 31.9 Å². The number of halogens is 2. The van der Waals surface area contributed by atoms with Crippen LogP contribution in [0.4, 0.5) is 0 Å². The Morgan fingerprint density at radius 2 is 2.21 bits per heavy atom. The average molecular weight is 429 g/mol. The van der Waals surface area contributed by atoms with Crippen LogP contribution in [0.25, 0.3) is 5.69 Å². The first-order valence-corrected chi connectivity index (χ1v) is 9.48. The molecule has 0 saturated carbocycles. The molecule has 0 unspecified atom stereocenters. The number of aromatic nitrogens is 2. The fraction of sp³-hybridized carbons (Fsp3) is 0.550. The summed E-state index contributed by atoms with van der Waals surface area (Å²) in [6, 6.07) is 8.09. The Morgan fingerprint density at radius 1 is 1.36 bits per heavy atom. The molecule has 2 atom stereocenters. The molecule has 8 heteroatoms. The van der Waals surface area contributed by atoms with Crippen LogP contribution < -0.4 is 10.1 Å². The zero-order chi connectivity index (χ0) is 18.0. The number of nitrogens with one attached hydrogen (secondary N) is 1. The number of nitrogens with zero attached hydrogens (tertiary/aromatic N) is 3. The smallest absolute Gasteiger partial charge is 0.119 e. The van der Waals surface area contributed by atoms with Gasteiger partial charge in [0.2, 0.25) is 0 Å². The molecule has 2 aliphatic heterocycles. The second-order valence-electron chi connectivity index (χ2n) is 7.60. The number of aliphatic hydroxyl groups is 1. The average Bonchev–Trinajstić information content (AvgIpc) is 3.19. The van der Waals surface area contributed by atoms with Crippen LogP contribution in [0.1, 0.15) is 24.8 Å². The molecule has 0 bridgehead atoms. The van der Waals surface area contributed by atoms with Gasteiger partial charge in [-0.25, -0.2) is 4.68 Å². The molecule has 2 fully saturated rings. The zero-order valence-corrected chi connectivity index (χ0v) is 17.8. The second kappa shape index (κ2) is 9.94. The summed E-state index contributed by atoms with van der Waals surface area (Å²) in [5.41, 5.74) is 2.27. The van der Waals surface area contributed by atoms with Gasteiger partial charge in [0.25, 0.3) is 0 Å². The number of hydrogen-bond donors (Lipinski definition) is 2. The lowest BCUT2D eigenvalue weighted by Gasteiger charge is -2.48. The molecule has 4 rings (SSSR count). The highest BCUT2D eigenvalue weighted by molar-refractivity contribution is 5.85. The molecule has 1 aromatic carbocycles. The van der Waals surface area contributed by atoms with Crippen LogP contribution in [0.3, 0.4) is 0 Å². The fourth-order valence-corrected chi connectivity index (χ4v) is 4.50. The topological polar surface area (TPSA) is 62.5 Å². The lowest BCUT2D eigenvalue weighted by atomic mass is 9.72. The molecule has 0 radical (unpaired) electrons. The molecule has 1 spiro atoms. The molecular weight excluding hydrogens is 399 g/mol. The van der Waals surface area contributed by atoms with Gasteiger partial charge in [-0.2, -0.15) is 5.10 Å². The molecule has 2 aliphatic rings. The summed E-state index contributed by atoms with van der Waals surface area (Å²) in [6.45, 7) is 4.65. The van der Waals surface area contributed by atoms with Gasteiger partial charge in [-0.1, -0.05) is 0 Å². The number of aliphatic hydroxyl groups excluding tert-OH is 1. The molecule has 6 nitrogen and oxygen atoms in total. The van der Waals surface area contributed by atoms with Gasteiger partial charge >= 0.3 is 0 Å². The summed E-state index contributed by atoms with van der Waals surface area (Å²) >= 11 is 0. The van der Waals surface area contributed by atoms with Crippen molar-refractivity contribution < 1.29 is 9.84 Å². The Hall–Kier alpha value is -1.31.